The summed E-state index contributed by atoms with van der Waals surface area (Å²) in [5.74, 6) is 0.149. The molecule has 1 N–H and O–H groups in total. The summed E-state index contributed by atoms with van der Waals surface area (Å²) in [6.45, 7) is 0.983. The maximum absolute atomic E-state index is 13.4. The van der Waals surface area contributed by atoms with Crippen molar-refractivity contribution in [2.24, 2.45) is 0 Å². The second-order valence-corrected chi connectivity index (χ2v) is 6.01. The van der Waals surface area contributed by atoms with Crippen LogP contribution in [0.5, 0.6) is 5.88 Å². The Bertz CT molecular complexity index is 631. The first-order valence-corrected chi connectivity index (χ1v) is 7.75. The first-order valence-electron chi connectivity index (χ1n) is 6.96. The van der Waals surface area contributed by atoms with E-state index in [1.165, 1.54) is 25.1 Å². The molecule has 2 aromatic rings. The quantitative estimate of drug-likeness (QED) is 0.859. The summed E-state index contributed by atoms with van der Waals surface area (Å²) in [4.78, 5) is 4.07. The molecule has 1 aliphatic carbocycles. The van der Waals surface area contributed by atoms with E-state index in [4.69, 9.17) is 4.74 Å². The van der Waals surface area contributed by atoms with Gasteiger partial charge in [-0.15, -0.1) is 0 Å². The smallest absolute Gasteiger partial charge is 0.218 e. The molecule has 1 aliphatic rings. The molecule has 1 fully saturated rings. The number of nitrogens with one attached hydrogen (secondary N) is 1. The van der Waals surface area contributed by atoms with Crippen molar-refractivity contribution in [3.63, 3.8) is 0 Å². The molecule has 110 valence electrons. The fourth-order valence-corrected chi connectivity index (χ4v) is 2.43. The fraction of sp³-hybridized carbons (Fsp3) is 0.312. The summed E-state index contributed by atoms with van der Waals surface area (Å²) in [5.41, 5.74) is 1.79. The third-order valence-electron chi connectivity index (χ3n) is 3.37. The third kappa shape index (κ3) is 4.02. The van der Waals surface area contributed by atoms with Crippen LogP contribution in [0.1, 0.15) is 24.0 Å². The van der Waals surface area contributed by atoms with Crippen molar-refractivity contribution in [3.8, 4) is 5.88 Å². The Balaban J connectivity index is 1.70. The zero-order valence-electron chi connectivity index (χ0n) is 11.5. The summed E-state index contributed by atoms with van der Waals surface area (Å²) < 4.78 is 20.1. The van der Waals surface area contributed by atoms with Gasteiger partial charge in [0, 0.05) is 28.2 Å². The summed E-state index contributed by atoms with van der Waals surface area (Å²) in [7, 11) is 0. The van der Waals surface area contributed by atoms with Gasteiger partial charge in [-0.3, -0.25) is 0 Å². The van der Waals surface area contributed by atoms with Gasteiger partial charge in [-0.25, -0.2) is 9.37 Å². The van der Waals surface area contributed by atoms with Crippen LogP contribution in [0.4, 0.5) is 4.39 Å². The Morgan fingerprint density at radius 2 is 2.10 bits per heavy atom. The van der Waals surface area contributed by atoms with Crippen molar-refractivity contribution in [3.05, 3.63) is 57.9 Å². The summed E-state index contributed by atoms with van der Waals surface area (Å²) in [6.07, 6.45) is 3.57. The lowest BCUT2D eigenvalue weighted by Gasteiger charge is -2.12. The Morgan fingerprint density at radius 3 is 2.86 bits per heavy atom. The molecule has 5 heteroatoms. The molecule has 0 unspecified atom stereocenters. The SMILES string of the molecule is Fc1cnc(OCc2ccccc2Br)c(CNC2CC2)c1. The highest BCUT2D eigenvalue weighted by atomic mass is 79.9. The van der Waals surface area contributed by atoms with E-state index in [9.17, 15) is 4.39 Å². The lowest BCUT2D eigenvalue weighted by molar-refractivity contribution is 0.288. The summed E-state index contributed by atoms with van der Waals surface area (Å²) >= 11 is 3.49. The normalized spacial score (nSPS) is 14.2. The van der Waals surface area contributed by atoms with Gasteiger partial charge in [-0.05, 0) is 25.0 Å². The van der Waals surface area contributed by atoms with Crippen LogP contribution in [0.25, 0.3) is 0 Å². The Labute approximate surface area is 131 Å². The number of hydrogen-bond donors (Lipinski definition) is 1. The molecular weight excluding hydrogens is 335 g/mol. The Morgan fingerprint density at radius 1 is 1.29 bits per heavy atom. The molecule has 0 radical (unpaired) electrons. The lowest BCUT2D eigenvalue weighted by Crippen LogP contribution is -2.16. The predicted molar refractivity (Wildman–Crippen MR) is 82.5 cm³/mol. The minimum absolute atomic E-state index is 0.337. The van der Waals surface area contributed by atoms with Crippen LogP contribution in [-0.2, 0) is 13.2 Å². The van der Waals surface area contributed by atoms with Crippen molar-refractivity contribution in [1.29, 1.82) is 0 Å². The molecule has 0 atom stereocenters. The van der Waals surface area contributed by atoms with Gasteiger partial charge in [0.2, 0.25) is 5.88 Å². The van der Waals surface area contributed by atoms with Crippen LogP contribution in [0, 0.1) is 5.82 Å². The van der Waals surface area contributed by atoms with Gasteiger partial charge < -0.3 is 10.1 Å². The maximum atomic E-state index is 13.4. The standard InChI is InChI=1S/C16H16BrFN2O/c17-15-4-2-1-3-11(15)10-21-16-12(7-13(18)9-20-16)8-19-14-5-6-14/h1-4,7,9,14,19H,5-6,8,10H2. The van der Waals surface area contributed by atoms with Crippen molar-refractivity contribution in [2.45, 2.75) is 32.0 Å². The van der Waals surface area contributed by atoms with Gasteiger partial charge in [-0.2, -0.15) is 0 Å². The minimum atomic E-state index is -0.337. The van der Waals surface area contributed by atoms with E-state index in [0.717, 1.165) is 15.6 Å². The average molecular weight is 351 g/mol. The van der Waals surface area contributed by atoms with Gasteiger partial charge in [0.1, 0.15) is 12.4 Å². The number of rotatable bonds is 6. The van der Waals surface area contributed by atoms with E-state index in [0.29, 0.717) is 25.1 Å². The molecule has 3 rings (SSSR count). The molecule has 1 saturated carbocycles. The summed E-state index contributed by atoms with van der Waals surface area (Å²) in [6, 6.07) is 9.90. The van der Waals surface area contributed by atoms with Crippen molar-refractivity contribution in [2.75, 3.05) is 0 Å². The average Bonchev–Trinajstić information content (AvgIpc) is 3.30. The third-order valence-corrected chi connectivity index (χ3v) is 4.15. The summed E-state index contributed by atoms with van der Waals surface area (Å²) in [5, 5.41) is 3.35. The molecule has 0 bridgehead atoms. The molecule has 1 aromatic heterocycles. The maximum Gasteiger partial charge on any atom is 0.218 e. The number of ether oxygens (including phenoxy) is 1. The number of pyridine rings is 1. The second-order valence-electron chi connectivity index (χ2n) is 5.15. The van der Waals surface area contributed by atoms with Crippen LogP contribution >= 0.6 is 15.9 Å². The van der Waals surface area contributed by atoms with Crippen LogP contribution in [0.15, 0.2) is 41.0 Å². The number of nitrogens with zero attached hydrogens (tertiary/aromatic N) is 1. The van der Waals surface area contributed by atoms with Crippen molar-refractivity contribution in [1.82, 2.24) is 10.3 Å². The van der Waals surface area contributed by atoms with Crippen LogP contribution in [0.3, 0.4) is 0 Å². The van der Waals surface area contributed by atoms with Gasteiger partial charge in [0.25, 0.3) is 0 Å². The molecule has 0 saturated heterocycles. The van der Waals surface area contributed by atoms with Crippen molar-refractivity contribution < 1.29 is 9.13 Å². The lowest BCUT2D eigenvalue weighted by atomic mass is 10.2. The zero-order valence-corrected chi connectivity index (χ0v) is 13.1. The monoisotopic (exact) mass is 350 g/mol. The Hall–Kier alpha value is -1.46. The molecule has 1 aromatic carbocycles. The van der Waals surface area contributed by atoms with E-state index in [2.05, 4.69) is 26.2 Å². The highest BCUT2D eigenvalue weighted by Crippen LogP contribution is 2.23. The van der Waals surface area contributed by atoms with E-state index in [1.807, 2.05) is 24.3 Å². The van der Waals surface area contributed by atoms with E-state index in [1.54, 1.807) is 0 Å². The number of hydrogen-bond acceptors (Lipinski definition) is 3. The highest BCUT2D eigenvalue weighted by molar-refractivity contribution is 9.10. The Kier molecular flexibility index (Phi) is 4.51. The molecule has 0 amide bonds. The number of aromatic nitrogens is 1. The molecule has 3 nitrogen and oxygen atoms in total. The minimum Gasteiger partial charge on any atom is -0.473 e. The van der Waals surface area contributed by atoms with Crippen LogP contribution in [-0.4, -0.2) is 11.0 Å². The van der Waals surface area contributed by atoms with Gasteiger partial charge >= 0.3 is 0 Å². The van der Waals surface area contributed by atoms with E-state index >= 15 is 0 Å². The number of benzene rings is 1. The van der Waals surface area contributed by atoms with E-state index < -0.39 is 0 Å². The number of halogens is 2. The van der Waals surface area contributed by atoms with Gasteiger partial charge in [0.05, 0.1) is 6.20 Å². The molecule has 1 heterocycles. The van der Waals surface area contributed by atoms with Crippen molar-refractivity contribution >= 4 is 15.9 Å². The van der Waals surface area contributed by atoms with Crippen LogP contribution < -0.4 is 10.1 Å². The highest BCUT2D eigenvalue weighted by Gasteiger charge is 2.21. The molecule has 21 heavy (non-hydrogen) atoms. The first kappa shape index (κ1) is 14.5. The predicted octanol–water partition coefficient (Wildman–Crippen LogP) is 3.81. The fourth-order valence-electron chi connectivity index (χ4n) is 2.03. The van der Waals surface area contributed by atoms with Gasteiger partial charge in [0.15, 0.2) is 0 Å². The second kappa shape index (κ2) is 6.54. The molecule has 0 aliphatic heterocycles. The van der Waals surface area contributed by atoms with E-state index in [-0.39, 0.29) is 5.82 Å². The zero-order chi connectivity index (χ0) is 14.7. The molecular formula is C16H16BrFN2O. The first-order chi connectivity index (χ1) is 10.2. The van der Waals surface area contributed by atoms with Gasteiger partial charge in [-0.1, -0.05) is 34.1 Å². The largest absolute Gasteiger partial charge is 0.473 e. The topological polar surface area (TPSA) is 34.1 Å². The van der Waals surface area contributed by atoms with Crippen LogP contribution in [0.2, 0.25) is 0 Å². The molecule has 0 spiro atoms.